The van der Waals surface area contributed by atoms with Gasteiger partial charge in [0.15, 0.2) is 0 Å². The Labute approximate surface area is 153 Å². The van der Waals surface area contributed by atoms with E-state index in [9.17, 15) is 9.59 Å². The number of hydrogen-bond acceptors (Lipinski definition) is 6. The molecule has 26 heavy (non-hydrogen) atoms. The number of carbonyl (C=O) groups is 2. The van der Waals surface area contributed by atoms with Gasteiger partial charge in [0.25, 0.3) is 5.91 Å². The van der Waals surface area contributed by atoms with E-state index in [1.54, 1.807) is 6.92 Å². The number of urea groups is 1. The highest BCUT2D eigenvalue weighted by Gasteiger charge is 2.41. The van der Waals surface area contributed by atoms with Gasteiger partial charge in [0, 0.05) is 0 Å². The second-order valence-electron chi connectivity index (χ2n) is 6.30. The second-order valence-corrected chi connectivity index (χ2v) is 7.20. The zero-order chi connectivity index (χ0) is 18.1. The van der Waals surface area contributed by atoms with Gasteiger partial charge in [-0.25, -0.2) is 14.8 Å². The van der Waals surface area contributed by atoms with E-state index in [0.29, 0.717) is 24.5 Å². The minimum atomic E-state index is -0.863. The molecule has 132 valence electrons. The number of aryl methyl sites for hydroxylation is 1. The molecule has 2 aromatic heterocycles. The number of nitrogens with one attached hydrogen (secondary N) is 2. The Bertz CT molecular complexity index is 986. The number of benzene rings is 1. The van der Waals surface area contributed by atoms with Gasteiger partial charge in [0.05, 0.1) is 5.39 Å². The van der Waals surface area contributed by atoms with Crippen molar-refractivity contribution in [2.24, 2.45) is 0 Å². The van der Waals surface area contributed by atoms with Gasteiger partial charge in [-0.2, -0.15) is 0 Å². The van der Waals surface area contributed by atoms with Gasteiger partial charge in [0.2, 0.25) is 5.88 Å². The average molecular weight is 368 g/mol. The quantitative estimate of drug-likeness (QED) is 0.675. The van der Waals surface area contributed by atoms with Crippen LogP contribution in [0.15, 0.2) is 42.0 Å². The van der Waals surface area contributed by atoms with E-state index < -0.39 is 11.6 Å². The van der Waals surface area contributed by atoms with E-state index in [1.807, 2.05) is 35.7 Å². The molecule has 3 amide bonds. The minimum absolute atomic E-state index is 0.286. The number of carbonyl (C=O) groups excluding carboxylic acids is 2. The lowest BCUT2D eigenvalue weighted by atomic mass is 9.93. The Hall–Kier alpha value is -3.00. The zero-order valence-corrected chi connectivity index (χ0v) is 14.8. The maximum absolute atomic E-state index is 11.8. The summed E-state index contributed by atoms with van der Waals surface area (Å²) in [6.45, 7) is 1.73. The van der Waals surface area contributed by atoms with Crippen molar-refractivity contribution in [1.82, 2.24) is 20.6 Å². The van der Waals surface area contributed by atoms with Crippen LogP contribution >= 0.6 is 11.3 Å². The molecule has 0 bridgehead atoms. The van der Waals surface area contributed by atoms with Crippen molar-refractivity contribution in [3.63, 3.8) is 0 Å². The summed E-state index contributed by atoms with van der Waals surface area (Å²) in [4.78, 5) is 32.4. The van der Waals surface area contributed by atoms with Crippen molar-refractivity contribution in [3.8, 4) is 11.6 Å². The second kappa shape index (κ2) is 6.38. The standard InChI is InChI=1S/C18H16N4O3S/c1-18(16(23)21-17(24)22-18)8-6-11-2-4-12(5-3-11)25-14-13-7-9-26-15(13)20-10-19-14/h2-5,7,9-10H,6,8H2,1H3,(H2,21,22,23,24)/t18-/m0/s1. The highest BCUT2D eigenvalue weighted by atomic mass is 32.1. The fourth-order valence-corrected chi connectivity index (χ4v) is 3.56. The lowest BCUT2D eigenvalue weighted by molar-refractivity contribution is -0.123. The number of nitrogens with zero attached hydrogens (tertiary/aromatic N) is 2. The number of rotatable bonds is 5. The summed E-state index contributed by atoms with van der Waals surface area (Å²) in [5.41, 5.74) is 0.188. The summed E-state index contributed by atoms with van der Waals surface area (Å²) in [6, 6.07) is 9.12. The van der Waals surface area contributed by atoms with Crippen LogP contribution in [0.1, 0.15) is 18.9 Å². The predicted molar refractivity (Wildman–Crippen MR) is 97.3 cm³/mol. The highest BCUT2D eigenvalue weighted by molar-refractivity contribution is 7.16. The monoisotopic (exact) mass is 368 g/mol. The number of ether oxygens (including phenoxy) is 1. The molecule has 2 N–H and O–H groups in total. The van der Waals surface area contributed by atoms with Crippen LogP contribution in [0.5, 0.6) is 11.6 Å². The molecule has 8 heteroatoms. The van der Waals surface area contributed by atoms with Gasteiger partial charge in [-0.05, 0) is 48.9 Å². The van der Waals surface area contributed by atoms with Gasteiger partial charge in [0.1, 0.15) is 22.4 Å². The summed E-state index contributed by atoms with van der Waals surface area (Å²) in [6.07, 6.45) is 2.67. The first kappa shape index (κ1) is 16.5. The molecule has 1 atom stereocenters. The average Bonchev–Trinajstić information content (AvgIpc) is 3.20. The molecule has 0 saturated carbocycles. The van der Waals surface area contributed by atoms with Crippen molar-refractivity contribution < 1.29 is 14.3 Å². The van der Waals surface area contributed by atoms with Crippen LogP contribution in [0.3, 0.4) is 0 Å². The third kappa shape index (κ3) is 3.11. The molecule has 1 aliphatic heterocycles. The van der Waals surface area contributed by atoms with Crippen molar-refractivity contribution in [2.75, 3.05) is 0 Å². The molecule has 1 saturated heterocycles. The van der Waals surface area contributed by atoms with E-state index in [4.69, 9.17) is 4.74 Å². The highest BCUT2D eigenvalue weighted by Crippen LogP contribution is 2.29. The zero-order valence-electron chi connectivity index (χ0n) is 14.0. The molecule has 4 rings (SSSR count). The molecular weight excluding hydrogens is 352 g/mol. The van der Waals surface area contributed by atoms with Crippen molar-refractivity contribution in [3.05, 3.63) is 47.6 Å². The van der Waals surface area contributed by atoms with E-state index in [0.717, 1.165) is 15.8 Å². The molecule has 0 spiro atoms. The van der Waals surface area contributed by atoms with E-state index in [2.05, 4.69) is 20.6 Å². The van der Waals surface area contributed by atoms with Gasteiger partial charge >= 0.3 is 6.03 Å². The Morgan fingerprint density at radius 3 is 2.69 bits per heavy atom. The largest absolute Gasteiger partial charge is 0.438 e. The van der Waals surface area contributed by atoms with E-state index in [-0.39, 0.29) is 5.91 Å². The number of amides is 3. The van der Waals surface area contributed by atoms with Gasteiger partial charge in [-0.15, -0.1) is 11.3 Å². The van der Waals surface area contributed by atoms with Crippen LogP contribution in [-0.2, 0) is 11.2 Å². The molecule has 1 aromatic carbocycles. The van der Waals surface area contributed by atoms with Crippen LogP contribution in [0.4, 0.5) is 4.79 Å². The van der Waals surface area contributed by atoms with Gasteiger partial charge < -0.3 is 10.1 Å². The number of imide groups is 1. The molecule has 3 heterocycles. The molecular formula is C18H16N4O3S. The number of aromatic nitrogens is 2. The first-order valence-corrected chi connectivity index (χ1v) is 9.00. The van der Waals surface area contributed by atoms with Crippen molar-refractivity contribution >= 4 is 33.5 Å². The minimum Gasteiger partial charge on any atom is -0.438 e. The maximum atomic E-state index is 11.8. The lowest BCUT2D eigenvalue weighted by Gasteiger charge is -2.20. The fraction of sp³-hybridized carbons (Fsp3) is 0.222. The SMILES string of the molecule is C[C@@]1(CCc2ccc(Oc3ncnc4sccc34)cc2)NC(=O)NC1=O. The smallest absolute Gasteiger partial charge is 0.322 e. The molecule has 7 nitrogen and oxygen atoms in total. The predicted octanol–water partition coefficient (Wildman–Crippen LogP) is 3.01. The fourth-order valence-electron chi connectivity index (χ4n) is 2.83. The Balaban J connectivity index is 1.43. The van der Waals surface area contributed by atoms with E-state index in [1.165, 1.54) is 17.7 Å². The Morgan fingerprint density at radius 2 is 1.96 bits per heavy atom. The summed E-state index contributed by atoms with van der Waals surface area (Å²) in [5.74, 6) is 0.922. The summed E-state index contributed by atoms with van der Waals surface area (Å²) < 4.78 is 5.87. The van der Waals surface area contributed by atoms with Crippen LogP contribution < -0.4 is 15.4 Å². The molecule has 3 aromatic rings. The number of thiophene rings is 1. The first-order valence-electron chi connectivity index (χ1n) is 8.12. The normalized spacial score (nSPS) is 19.4. The van der Waals surface area contributed by atoms with Crippen molar-refractivity contribution in [2.45, 2.75) is 25.3 Å². The van der Waals surface area contributed by atoms with Crippen LogP contribution in [0.2, 0.25) is 0 Å². The Morgan fingerprint density at radius 1 is 1.15 bits per heavy atom. The van der Waals surface area contributed by atoms with Gasteiger partial charge in [-0.1, -0.05) is 12.1 Å². The summed E-state index contributed by atoms with van der Waals surface area (Å²) in [5, 5.41) is 7.78. The lowest BCUT2D eigenvalue weighted by Crippen LogP contribution is -2.43. The summed E-state index contributed by atoms with van der Waals surface area (Å²) in [7, 11) is 0. The van der Waals surface area contributed by atoms with Crippen LogP contribution in [-0.4, -0.2) is 27.4 Å². The third-order valence-electron chi connectivity index (χ3n) is 4.39. The van der Waals surface area contributed by atoms with Gasteiger partial charge in [-0.3, -0.25) is 10.1 Å². The van der Waals surface area contributed by atoms with Crippen molar-refractivity contribution in [1.29, 1.82) is 0 Å². The molecule has 1 fully saturated rings. The molecule has 1 aliphatic rings. The summed E-state index contributed by atoms with van der Waals surface area (Å²) >= 11 is 1.54. The third-order valence-corrected chi connectivity index (χ3v) is 5.22. The van der Waals surface area contributed by atoms with E-state index >= 15 is 0 Å². The van der Waals surface area contributed by atoms with Crippen LogP contribution in [0, 0.1) is 0 Å². The van der Waals surface area contributed by atoms with Crippen LogP contribution in [0.25, 0.3) is 10.2 Å². The molecule has 0 unspecified atom stereocenters. The molecule has 0 aliphatic carbocycles. The number of hydrogen-bond donors (Lipinski definition) is 2. The number of fused-ring (bicyclic) bond motifs is 1. The first-order chi connectivity index (χ1) is 12.5. The maximum Gasteiger partial charge on any atom is 0.322 e. The topological polar surface area (TPSA) is 93.2 Å². The molecule has 0 radical (unpaired) electrons. The Kier molecular flexibility index (Phi) is 4.04.